The minimum Gasteiger partial charge on any atom is -0.495 e. The summed E-state index contributed by atoms with van der Waals surface area (Å²) in [4.78, 5) is 13.0. The van der Waals surface area contributed by atoms with E-state index in [-0.39, 0.29) is 5.78 Å². The second-order valence-corrected chi connectivity index (χ2v) is 7.06. The lowest BCUT2D eigenvalue weighted by molar-refractivity contribution is -0.112. The predicted molar refractivity (Wildman–Crippen MR) is 111 cm³/mol. The van der Waals surface area contributed by atoms with E-state index in [1.807, 2.05) is 36.4 Å². The second kappa shape index (κ2) is 8.64. The Morgan fingerprint density at radius 2 is 1.26 bits per heavy atom. The van der Waals surface area contributed by atoms with E-state index in [1.165, 1.54) is 0 Å². The molecule has 0 amide bonds. The summed E-state index contributed by atoms with van der Waals surface area (Å²) in [6.45, 7) is 0. The zero-order chi connectivity index (χ0) is 19.4. The fraction of sp³-hybridized carbons (Fsp3) is 0.227. The zero-order valence-corrected chi connectivity index (χ0v) is 16.7. The predicted octanol–water partition coefficient (Wildman–Crippen LogP) is 6.23. The van der Waals surface area contributed by atoms with Gasteiger partial charge in [-0.1, -0.05) is 47.5 Å². The molecule has 1 aliphatic carbocycles. The molecule has 1 aliphatic rings. The van der Waals surface area contributed by atoms with E-state index in [4.69, 9.17) is 32.7 Å². The summed E-state index contributed by atoms with van der Waals surface area (Å²) in [7, 11) is 3.14. The van der Waals surface area contributed by atoms with E-state index in [0.717, 1.165) is 41.5 Å². The first kappa shape index (κ1) is 19.5. The number of Topliss-reactive ketones (excluding diaryl/α,β-unsaturated/α-hetero) is 1. The lowest BCUT2D eigenvalue weighted by Crippen LogP contribution is -2.12. The van der Waals surface area contributed by atoms with Crippen molar-refractivity contribution >= 4 is 41.1 Å². The van der Waals surface area contributed by atoms with Crippen LogP contribution in [-0.4, -0.2) is 20.0 Å². The van der Waals surface area contributed by atoms with Crippen molar-refractivity contribution in [2.75, 3.05) is 14.2 Å². The molecule has 0 heterocycles. The van der Waals surface area contributed by atoms with Crippen molar-refractivity contribution in [2.45, 2.75) is 19.3 Å². The Morgan fingerprint density at radius 1 is 0.815 bits per heavy atom. The molecule has 0 radical (unpaired) electrons. The van der Waals surface area contributed by atoms with E-state index in [2.05, 4.69) is 0 Å². The molecule has 3 rings (SSSR count). The molecule has 5 heteroatoms. The smallest absolute Gasteiger partial charge is 0.185 e. The summed E-state index contributed by atoms with van der Waals surface area (Å²) in [5.74, 6) is 1.18. The van der Waals surface area contributed by atoms with Crippen LogP contribution in [0.3, 0.4) is 0 Å². The Balaban J connectivity index is 1.98. The average molecular weight is 403 g/mol. The fourth-order valence-corrected chi connectivity index (χ4v) is 3.78. The van der Waals surface area contributed by atoms with E-state index in [9.17, 15) is 4.79 Å². The van der Waals surface area contributed by atoms with Gasteiger partial charge in [0.05, 0.1) is 24.3 Å². The molecule has 27 heavy (non-hydrogen) atoms. The van der Waals surface area contributed by atoms with Crippen LogP contribution in [0.1, 0.15) is 30.4 Å². The minimum absolute atomic E-state index is 0.0327. The number of hydrogen-bond acceptors (Lipinski definition) is 3. The summed E-state index contributed by atoms with van der Waals surface area (Å²) in [6.07, 6.45) is 6.08. The highest BCUT2D eigenvalue weighted by Gasteiger charge is 2.22. The number of allylic oxidation sites excluding steroid dienone is 2. The maximum Gasteiger partial charge on any atom is 0.185 e. The quantitative estimate of drug-likeness (QED) is 0.568. The number of halogens is 2. The molecule has 140 valence electrons. The highest BCUT2D eigenvalue weighted by molar-refractivity contribution is 6.32. The van der Waals surface area contributed by atoms with Crippen LogP contribution in [0.2, 0.25) is 10.0 Å². The van der Waals surface area contributed by atoms with Crippen molar-refractivity contribution in [1.82, 2.24) is 0 Å². The molecule has 0 atom stereocenters. The number of rotatable bonds is 4. The third-order valence-corrected chi connectivity index (χ3v) is 5.13. The third-order valence-electron chi connectivity index (χ3n) is 4.54. The van der Waals surface area contributed by atoms with Crippen LogP contribution in [0.5, 0.6) is 11.5 Å². The summed E-state index contributed by atoms with van der Waals surface area (Å²) < 4.78 is 10.8. The van der Waals surface area contributed by atoms with Gasteiger partial charge in [0.15, 0.2) is 5.78 Å². The van der Waals surface area contributed by atoms with Crippen LogP contribution in [0.15, 0.2) is 47.5 Å². The molecule has 1 saturated carbocycles. The molecule has 2 aromatic rings. The molecule has 0 saturated heterocycles. The highest BCUT2D eigenvalue weighted by Crippen LogP contribution is 2.35. The normalized spacial score (nSPS) is 17.4. The fourth-order valence-electron chi connectivity index (χ4n) is 3.26. The van der Waals surface area contributed by atoms with Crippen LogP contribution in [0.25, 0.3) is 12.2 Å². The second-order valence-electron chi connectivity index (χ2n) is 6.25. The lowest BCUT2D eigenvalue weighted by Gasteiger charge is -2.18. The van der Waals surface area contributed by atoms with Crippen molar-refractivity contribution in [3.05, 3.63) is 68.7 Å². The number of ether oxygens (including phenoxy) is 2. The van der Waals surface area contributed by atoms with Crippen molar-refractivity contribution in [3.63, 3.8) is 0 Å². The molecular formula is C22H20Cl2O3. The van der Waals surface area contributed by atoms with Gasteiger partial charge in [0.1, 0.15) is 11.5 Å². The Kier molecular flexibility index (Phi) is 6.25. The molecule has 0 bridgehead atoms. The van der Waals surface area contributed by atoms with Gasteiger partial charge in [0.25, 0.3) is 0 Å². The van der Waals surface area contributed by atoms with Crippen LogP contribution in [0, 0.1) is 0 Å². The van der Waals surface area contributed by atoms with Crippen LogP contribution < -0.4 is 9.47 Å². The molecule has 0 N–H and O–H groups in total. The van der Waals surface area contributed by atoms with Gasteiger partial charge in [-0.05, 0) is 43.5 Å². The molecule has 0 unspecified atom stereocenters. The average Bonchev–Trinajstić information content (AvgIpc) is 2.65. The first-order valence-electron chi connectivity index (χ1n) is 8.66. The summed E-state index contributed by atoms with van der Waals surface area (Å²) >= 11 is 12.4. The molecular weight excluding hydrogens is 383 g/mol. The van der Waals surface area contributed by atoms with Crippen molar-refractivity contribution in [2.24, 2.45) is 0 Å². The van der Waals surface area contributed by atoms with Gasteiger partial charge in [0.2, 0.25) is 0 Å². The van der Waals surface area contributed by atoms with Gasteiger partial charge in [0, 0.05) is 22.3 Å². The standard InChI is InChI=1S/C22H20Cl2O3/c1-26-21-16(8-4-10-18(21)23)12-14-6-3-7-15(20(14)25)13-17-9-5-11-19(24)22(17)27-2/h4-5,8-13H,3,6-7H2,1-2H3/b14-12+,15-13+. The number of benzene rings is 2. The molecule has 0 aliphatic heterocycles. The monoisotopic (exact) mass is 402 g/mol. The largest absolute Gasteiger partial charge is 0.495 e. The topological polar surface area (TPSA) is 35.5 Å². The molecule has 3 nitrogen and oxygen atoms in total. The third kappa shape index (κ3) is 4.20. The van der Waals surface area contributed by atoms with Crippen molar-refractivity contribution < 1.29 is 14.3 Å². The minimum atomic E-state index is 0.0327. The first-order valence-corrected chi connectivity index (χ1v) is 9.41. The first-order chi connectivity index (χ1) is 13.0. The van der Waals surface area contributed by atoms with Crippen LogP contribution in [-0.2, 0) is 4.79 Å². The van der Waals surface area contributed by atoms with Gasteiger partial charge < -0.3 is 9.47 Å². The summed E-state index contributed by atoms with van der Waals surface area (Å²) in [5.41, 5.74) is 3.09. The number of methoxy groups -OCH3 is 2. The maximum atomic E-state index is 13.0. The summed E-state index contributed by atoms with van der Waals surface area (Å²) in [5, 5.41) is 1.05. The van der Waals surface area contributed by atoms with Gasteiger partial charge >= 0.3 is 0 Å². The number of hydrogen-bond donors (Lipinski definition) is 0. The van der Waals surface area contributed by atoms with Gasteiger partial charge in [-0.2, -0.15) is 0 Å². The lowest BCUT2D eigenvalue weighted by atomic mass is 9.86. The highest BCUT2D eigenvalue weighted by atomic mass is 35.5. The van der Waals surface area contributed by atoms with Gasteiger partial charge in [-0.3, -0.25) is 4.79 Å². The van der Waals surface area contributed by atoms with Crippen molar-refractivity contribution in [3.8, 4) is 11.5 Å². The Morgan fingerprint density at radius 3 is 1.67 bits per heavy atom. The molecule has 0 spiro atoms. The SMILES string of the molecule is COc1c(Cl)cccc1/C=C1\CCC/C(=C\c2cccc(Cl)c2OC)C1=O. The Hall–Kier alpha value is -2.23. The molecule has 0 aromatic heterocycles. The Bertz CT molecular complexity index is 856. The Labute approximate surface area is 169 Å². The van der Waals surface area contributed by atoms with Gasteiger partial charge in [-0.15, -0.1) is 0 Å². The van der Waals surface area contributed by atoms with E-state index < -0.39 is 0 Å². The number of carbonyl (C=O) groups excluding carboxylic acids is 1. The number of para-hydroxylation sites is 2. The maximum absolute atomic E-state index is 13.0. The zero-order valence-electron chi connectivity index (χ0n) is 15.2. The number of carbonyl (C=O) groups is 1. The van der Waals surface area contributed by atoms with Crippen molar-refractivity contribution in [1.29, 1.82) is 0 Å². The summed E-state index contributed by atoms with van der Waals surface area (Å²) in [6, 6.07) is 11.0. The number of ketones is 1. The molecule has 1 fully saturated rings. The van der Waals surface area contributed by atoms with Crippen LogP contribution in [0.4, 0.5) is 0 Å². The van der Waals surface area contributed by atoms with E-state index in [1.54, 1.807) is 26.4 Å². The van der Waals surface area contributed by atoms with E-state index >= 15 is 0 Å². The van der Waals surface area contributed by atoms with Crippen LogP contribution >= 0.6 is 23.2 Å². The van der Waals surface area contributed by atoms with E-state index in [0.29, 0.717) is 21.5 Å². The van der Waals surface area contributed by atoms with Gasteiger partial charge in [-0.25, -0.2) is 0 Å². The molecule has 2 aromatic carbocycles.